The number of methoxy groups -OCH3 is 1. The van der Waals surface area contributed by atoms with Gasteiger partial charge in [-0.25, -0.2) is 0 Å². The number of morpholine rings is 1. The molecule has 86 valence electrons. The number of carbonyl (C=O) groups is 2. The fraction of sp³-hybridized carbons (Fsp3) is 0.778. The van der Waals surface area contributed by atoms with Gasteiger partial charge in [-0.2, -0.15) is 0 Å². The standard InChI is InChI=1S/C9H14ClNO4/c1-14-9(13)4-7-6-11(2-3-15-7)8(12)5-10/h7H,2-6H2,1H3. The van der Waals surface area contributed by atoms with Crippen LogP contribution in [0.1, 0.15) is 6.42 Å². The van der Waals surface area contributed by atoms with Crippen LogP contribution >= 0.6 is 11.6 Å². The quantitative estimate of drug-likeness (QED) is 0.511. The summed E-state index contributed by atoms with van der Waals surface area (Å²) in [5.41, 5.74) is 0. The summed E-state index contributed by atoms with van der Waals surface area (Å²) >= 11 is 5.44. The van der Waals surface area contributed by atoms with Crippen molar-refractivity contribution in [2.45, 2.75) is 12.5 Å². The van der Waals surface area contributed by atoms with Crippen LogP contribution in [-0.4, -0.2) is 55.6 Å². The Kier molecular flexibility index (Phi) is 4.84. The van der Waals surface area contributed by atoms with Crippen molar-refractivity contribution in [1.82, 2.24) is 4.90 Å². The van der Waals surface area contributed by atoms with E-state index in [4.69, 9.17) is 16.3 Å². The lowest BCUT2D eigenvalue weighted by Crippen LogP contribution is -2.46. The van der Waals surface area contributed by atoms with Crippen molar-refractivity contribution in [2.75, 3.05) is 32.7 Å². The maximum Gasteiger partial charge on any atom is 0.308 e. The average Bonchev–Trinajstić information content (AvgIpc) is 2.28. The number of hydrogen-bond acceptors (Lipinski definition) is 4. The van der Waals surface area contributed by atoms with Gasteiger partial charge in [-0.05, 0) is 0 Å². The Labute approximate surface area is 93.3 Å². The Morgan fingerprint density at radius 3 is 2.93 bits per heavy atom. The second-order valence-electron chi connectivity index (χ2n) is 3.25. The summed E-state index contributed by atoms with van der Waals surface area (Å²) in [6, 6.07) is 0. The van der Waals surface area contributed by atoms with E-state index in [1.54, 1.807) is 4.90 Å². The molecule has 1 fully saturated rings. The normalized spacial score (nSPS) is 21.2. The van der Waals surface area contributed by atoms with Gasteiger partial charge in [-0.15, -0.1) is 11.6 Å². The van der Waals surface area contributed by atoms with Crippen molar-refractivity contribution in [3.8, 4) is 0 Å². The maximum atomic E-state index is 11.3. The molecule has 0 spiro atoms. The predicted molar refractivity (Wildman–Crippen MR) is 53.7 cm³/mol. The van der Waals surface area contributed by atoms with E-state index < -0.39 is 0 Å². The molecular weight excluding hydrogens is 222 g/mol. The molecule has 0 aliphatic carbocycles. The summed E-state index contributed by atoms with van der Waals surface area (Å²) < 4.78 is 9.86. The smallest absolute Gasteiger partial charge is 0.308 e. The van der Waals surface area contributed by atoms with Crippen molar-refractivity contribution in [3.05, 3.63) is 0 Å². The Morgan fingerprint density at radius 1 is 1.60 bits per heavy atom. The third kappa shape index (κ3) is 3.68. The highest BCUT2D eigenvalue weighted by Crippen LogP contribution is 2.09. The molecule has 1 rings (SSSR count). The molecule has 1 unspecified atom stereocenters. The Morgan fingerprint density at radius 2 is 2.33 bits per heavy atom. The minimum absolute atomic E-state index is 0.0368. The number of halogens is 1. The Balaban J connectivity index is 2.42. The molecule has 0 aromatic rings. The van der Waals surface area contributed by atoms with Crippen LogP contribution in [0, 0.1) is 0 Å². The van der Waals surface area contributed by atoms with Crippen LogP contribution < -0.4 is 0 Å². The van der Waals surface area contributed by atoms with Gasteiger partial charge in [-0.1, -0.05) is 0 Å². The largest absolute Gasteiger partial charge is 0.469 e. The monoisotopic (exact) mass is 235 g/mol. The van der Waals surface area contributed by atoms with Crippen LogP contribution in [0.15, 0.2) is 0 Å². The van der Waals surface area contributed by atoms with E-state index in [0.717, 1.165) is 0 Å². The number of amides is 1. The molecule has 1 aliphatic rings. The van der Waals surface area contributed by atoms with E-state index in [2.05, 4.69) is 4.74 Å². The maximum absolute atomic E-state index is 11.3. The van der Waals surface area contributed by atoms with Crippen LogP contribution in [0.4, 0.5) is 0 Å². The van der Waals surface area contributed by atoms with Crippen LogP contribution in [0.25, 0.3) is 0 Å². The van der Waals surface area contributed by atoms with Crippen LogP contribution in [-0.2, 0) is 19.1 Å². The first-order valence-corrected chi connectivity index (χ1v) is 5.23. The number of hydrogen-bond donors (Lipinski definition) is 0. The fourth-order valence-corrected chi connectivity index (χ4v) is 1.59. The highest BCUT2D eigenvalue weighted by Gasteiger charge is 2.25. The minimum Gasteiger partial charge on any atom is -0.469 e. The molecule has 0 radical (unpaired) electrons. The van der Waals surface area contributed by atoms with Gasteiger partial charge in [0.25, 0.3) is 0 Å². The predicted octanol–water partition coefficient (Wildman–Crippen LogP) is 0.0157. The van der Waals surface area contributed by atoms with E-state index in [1.807, 2.05) is 0 Å². The van der Waals surface area contributed by atoms with Gasteiger partial charge in [0.15, 0.2) is 0 Å². The SMILES string of the molecule is COC(=O)CC1CN(C(=O)CCl)CCO1. The number of nitrogens with zero attached hydrogens (tertiary/aromatic N) is 1. The molecule has 6 heteroatoms. The Hall–Kier alpha value is -0.810. The number of ether oxygens (including phenoxy) is 2. The lowest BCUT2D eigenvalue weighted by atomic mass is 10.2. The first kappa shape index (κ1) is 12.3. The highest BCUT2D eigenvalue weighted by atomic mass is 35.5. The molecule has 15 heavy (non-hydrogen) atoms. The summed E-state index contributed by atoms with van der Waals surface area (Å²) in [6.45, 7) is 1.37. The topological polar surface area (TPSA) is 55.8 Å². The molecule has 0 aromatic heterocycles. The molecule has 0 bridgehead atoms. The summed E-state index contributed by atoms with van der Waals surface area (Å²) in [4.78, 5) is 23.9. The van der Waals surface area contributed by atoms with Gasteiger partial charge in [-0.3, -0.25) is 9.59 Å². The van der Waals surface area contributed by atoms with E-state index in [1.165, 1.54) is 7.11 Å². The highest BCUT2D eigenvalue weighted by molar-refractivity contribution is 6.27. The summed E-state index contributed by atoms with van der Waals surface area (Å²) in [5, 5.41) is 0. The molecule has 1 aliphatic heterocycles. The van der Waals surface area contributed by atoms with Gasteiger partial charge in [0.2, 0.25) is 5.91 Å². The van der Waals surface area contributed by atoms with Crippen LogP contribution in [0.2, 0.25) is 0 Å². The van der Waals surface area contributed by atoms with Crippen LogP contribution in [0.3, 0.4) is 0 Å². The number of esters is 1. The van der Waals surface area contributed by atoms with E-state index >= 15 is 0 Å². The van der Waals surface area contributed by atoms with Gasteiger partial charge in [0.05, 0.1) is 26.2 Å². The van der Waals surface area contributed by atoms with Crippen molar-refractivity contribution in [3.63, 3.8) is 0 Å². The molecular formula is C9H14ClNO4. The van der Waals surface area contributed by atoms with Crippen LogP contribution in [0.5, 0.6) is 0 Å². The fourth-order valence-electron chi connectivity index (χ4n) is 1.42. The molecule has 0 saturated carbocycles. The second kappa shape index (κ2) is 5.92. The third-order valence-corrected chi connectivity index (χ3v) is 2.46. The van der Waals surface area contributed by atoms with Gasteiger partial charge >= 0.3 is 5.97 Å². The van der Waals surface area contributed by atoms with Crippen molar-refractivity contribution in [1.29, 1.82) is 0 Å². The third-order valence-electron chi connectivity index (χ3n) is 2.23. The van der Waals surface area contributed by atoms with Gasteiger partial charge in [0, 0.05) is 13.1 Å². The molecule has 0 aromatic carbocycles. The minimum atomic E-state index is -0.333. The summed E-state index contributed by atoms with van der Waals surface area (Å²) in [6.07, 6.45) is -0.110. The van der Waals surface area contributed by atoms with E-state index in [0.29, 0.717) is 19.7 Å². The lowest BCUT2D eigenvalue weighted by molar-refractivity contribution is -0.149. The Bertz CT molecular complexity index is 246. The number of rotatable bonds is 3. The zero-order valence-electron chi connectivity index (χ0n) is 8.57. The molecule has 5 nitrogen and oxygen atoms in total. The summed E-state index contributed by atoms with van der Waals surface area (Å²) in [7, 11) is 1.33. The molecule has 1 saturated heterocycles. The molecule has 0 N–H and O–H groups in total. The first-order chi connectivity index (χ1) is 7.17. The van der Waals surface area contributed by atoms with Gasteiger partial charge < -0.3 is 14.4 Å². The van der Waals surface area contributed by atoms with E-state index in [-0.39, 0.29) is 30.3 Å². The van der Waals surface area contributed by atoms with E-state index in [9.17, 15) is 9.59 Å². The number of carbonyl (C=O) groups excluding carboxylic acids is 2. The zero-order chi connectivity index (χ0) is 11.3. The molecule has 1 heterocycles. The molecule has 1 amide bonds. The average molecular weight is 236 g/mol. The van der Waals surface area contributed by atoms with Gasteiger partial charge in [0.1, 0.15) is 5.88 Å². The molecule has 1 atom stereocenters. The second-order valence-corrected chi connectivity index (χ2v) is 3.51. The number of alkyl halides is 1. The summed E-state index contributed by atoms with van der Waals surface area (Å²) in [5.74, 6) is -0.500. The van der Waals surface area contributed by atoms with Crippen molar-refractivity contribution < 1.29 is 19.1 Å². The lowest BCUT2D eigenvalue weighted by Gasteiger charge is -2.32. The van der Waals surface area contributed by atoms with Crippen molar-refractivity contribution >= 4 is 23.5 Å². The zero-order valence-corrected chi connectivity index (χ0v) is 9.33. The van der Waals surface area contributed by atoms with Crippen molar-refractivity contribution in [2.24, 2.45) is 0 Å². The first-order valence-electron chi connectivity index (χ1n) is 4.69.